The maximum absolute atomic E-state index is 13.3. The molecule has 2 aromatic rings. The summed E-state index contributed by atoms with van der Waals surface area (Å²) >= 11 is 0. The van der Waals surface area contributed by atoms with Gasteiger partial charge >= 0.3 is 0 Å². The highest BCUT2D eigenvalue weighted by Gasteiger charge is 2.31. The van der Waals surface area contributed by atoms with Crippen molar-refractivity contribution in [1.82, 2.24) is 20.9 Å². The number of benzene rings is 1. The molecule has 0 spiro atoms. The van der Waals surface area contributed by atoms with Crippen molar-refractivity contribution >= 4 is 28.6 Å². The van der Waals surface area contributed by atoms with E-state index in [2.05, 4.69) is 27.0 Å². The zero-order chi connectivity index (χ0) is 29.1. The number of methoxy groups -OCH3 is 1. The first-order valence-corrected chi connectivity index (χ1v) is 13.7. The average molecular weight is 556 g/mol. The minimum Gasteiger partial charge on any atom is -0.490 e. The third-order valence-corrected chi connectivity index (χ3v) is 6.62. The Balaban J connectivity index is 1.68. The van der Waals surface area contributed by atoms with Gasteiger partial charge < -0.3 is 35.1 Å². The van der Waals surface area contributed by atoms with Gasteiger partial charge in [0.15, 0.2) is 0 Å². The van der Waals surface area contributed by atoms with Gasteiger partial charge in [-0.3, -0.25) is 14.4 Å². The number of nitriles is 1. The summed E-state index contributed by atoms with van der Waals surface area (Å²) in [5.41, 5.74) is 0.716. The maximum Gasteiger partial charge on any atom is 0.268 e. The number of rotatable bonds is 14. The summed E-state index contributed by atoms with van der Waals surface area (Å²) in [4.78, 5) is 41.8. The number of fused-ring (bicyclic) bond motifs is 1. The lowest BCUT2D eigenvalue weighted by molar-refractivity contribution is -0.128. The zero-order valence-electron chi connectivity index (χ0n) is 23.8. The molecule has 1 aliphatic heterocycles. The van der Waals surface area contributed by atoms with E-state index in [0.29, 0.717) is 51.6 Å². The van der Waals surface area contributed by atoms with Crippen molar-refractivity contribution in [2.24, 2.45) is 11.3 Å². The van der Waals surface area contributed by atoms with Crippen LogP contribution in [-0.2, 0) is 19.1 Å². The molecule has 3 atom stereocenters. The minimum absolute atomic E-state index is 0.0962. The quantitative estimate of drug-likeness (QED) is 0.261. The van der Waals surface area contributed by atoms with Crippen LogP contribution in [0.4, 0.5) is 0 Å². The standard InChI is InChI=1S/C29H41N5O6/c1-29(2,3)17-24(28(37)32-20(18-30)15-19-7-6-10-31-26(19)35)34-27(36)23-16-21-22(33-23)8-5-9-25(21)40-14-13-39-12-11-38-4/h5,8-9,16,19-20,24,33H,6-7,10-15,17H2,1-4H3,(H,31,35)(H,32,37)(H,34,36)/t19?,20-,24?/m0/s1. The molecule has 0 radical (unpaired) electrons. The first-order chi connectivity index (χ1) is 19.1. The van der Waals surface area contributed by atoms with Crippen LogP contribution in [-0.4, -0.2) is 74.9 Å². The molecule has 1 fully saturated rings. The number of nitrogens with one attached hydrogen (secondary N) is 4. The first-order valence-electron chi connectivity index (χ1n) is 13.7. The molecule has 0 saturated carbocycles. The SMILES string of the molecule is COCCOCCOc1cccc2[nH]c(C(=O)NC(CC(C)(C)C)C(=O)N[C@H](C#N)CC3CCCNC3=O)cc12. The molecule has 1 aromatic carbocycles. The highest BCUT2D eigenvalue weighted by Crippen LogP contribution is 2.27. The van der Waals surface area contributed by atoms with E-state index in [1.165, 1.54) is 0 Å². The Bertz CT molecular complexity index is 1200. The summed E-state index contributed by atoms with van der Waals surface area (Å²) in [5.74, 6) is -0.722. The summed E-state index contributed by atoms with van der Waals surface area (Å²) in [5, 5.41) is 18.8. The normalized spacial score (nSPS) is 17.0. The fourth-order valence-electron chi connectivity index (χ4n) is 4.65. The van der Waals surface area contributed by atoms with Crippen molar-refractivity contribution in [3.05, 3.63) is 30.0 Å². The molecule has 0 aliphatic carbocycles. The Hall–Kier alpha value is -3.62. The van der Waals surface area contributed by atoms with Crippen LogP contribution in [0.3, 0.4) is 0 Å². The van der Waals surface area contributed by atoms with Crippen molar-refractivity contribution in [2.75, 3.05) is 40.1 Å². The molecule has 11 nitrogen and oxygen atoms in total. The summed E-state index contributed by atoms with van der Waals surface area (Å²) in [6.07, 6.45) is 2.09. The second kappa shape index (κ2) is 14.7. The molecular formula is C29H41N5O6. The van der Waals surface area contributed by atoms with Crippen LogP contribution in [0.2, 0.25) is 0 Å². The van der Waals surface area contributed by atoms with Gasteiger partial charge in [0, 0.05) is 30.5 Å². The van der Waals surface area contributed by atoms with Crippen molar-refractivity contribution in [2.45, 2.75) is 58.5 Å². The second-order valence-corrected chi connectivity index (χ2v) is 11.2. The molecule has 218 valence electrons. The van der Waals surface area contributed by atoms with Crippen LogP contribution >= 0.6 is 0 Å². The third-order valence-electron chi connectivity index (χ3n) is 6.62. The molecule has 4 N–H and O–H groups in total. The van der Waals surface area contributed by atoms with Gasteiger partial charge in [-0.25, -0.2) is 0 Å². The number of ether oxygens (including phenoxy) is 3. The first kappa shape index (κ1) is 30.9. The van der Waals surface area contributed by atoms with E-state index in [0.717, 1.165) is 17.3 Å². The lowest BCUT2D eigenvalue weighted by atomic mass is 9.87. The van der Waals surface area contributed by atoms with E-state index in [-0.39, 0.29) is 29.4 Å². The van der Waals surface area contributed by atoms with E-state index in [1.54, 1.807) is 13.2 Å². The monoisotopic (exact) mass is 555 g/mol. The summed E-state index contributed by atoms with van der Waals surface area (Å²) < 4.78 is 16.3. The largest absolute Gasteiger partial charge is 0.490 e. The molecule has 2 unspecified atom stereocenters. The lowest BCUT2D eigenvalue weighted by Crippen LogP contribution is -2.51. The van der Waals surface area contributed by atoms with Gasteiger partial charge in [0.05, 0.1) is 25.9 Å². The Morgan fingerprint density at radius 1 is 1.18 bits per heavy atom. The third kappa shape index (κ3) is 9.24. The van der Waals surface area contributed by atoms with Crippen molar-refractivity contribution in [3.8, 4) is 11.8 Å². The predicted octanol–water partition coefficient (Wildman–Crippen LogP) is 2.67. The summed E-state index contributed by atoms with van der Waals surface area (Å²) in [7, 11) is 1.61. The van der Waals surface area contributed by atoms with E-state index in [9.17, 15) is 19.6 Å². The summed E-state index contributed by atoms with van der Waals surface area (Å²) in [6.45, 7) is 8.27. The number of aromatic amines is 1. The molecule has 1 aliphatic rings. The number of aromatic nitrogens is 1. The van der Waals surface area contributed by atoms with E-state index in [4.69, 9.17) is 14.2 Å². The Kier molecular flexibility index (Phi) is 11.3. The van der Waals surface area contributed by atoms with E-state index < -0.39 is 23.9 Å². The number of carbonyl (C=O) groups is 3. The van der Waals surface area contributed by atoms with Gasteiger partial charge in [-0.1, -0.05) is 26.8 Å². The van der Waals surface area contributed by atoms with Crippen LogP contribution in [0.25, 0.3) is 10.9 Å². The van der Waals surface area contributed by atoms with Crippen LogP contribution < -0.4 is 20.7 Å². The molecule has 1 saturated heterocycles. The fraction of sp³-hybridized carbons (Fsp3) is 0.586. The molecular weight excluding hydrogens is 514 g/mol. The van der Waals surface area contributed by atoms with Crippen LogP contribution in [0, 0.1) is 22.7 Å². The number of nitrogens with zero attached hydrogens (tertiary/aromatic N) is 1. The molecule has 3 amide bonds. The Morgan fingerprint density at radius 3 is 2.65 bits per heavy atom. The van der Waals surface area contributed by atoms with Gasteiger partial charge in [-0.2, -0.15) is 5.26 Å². The molecule has 40 heavy (non-hydrogen) atoms. The number of carbonyl (C=O) groups excluding carboxylic acids is 3. The van der Waals surface area contributed by atoms with Gasteiger partial charge in [0.2, 0.25) is 11.8 Å². The average Bonchev–Trinajstić information content (AvgIpc) is 3.36. The maximum atomic E-state index is 13.3. The van der Waals surface area contributed by atoms with Gasteiger partial charge in [-0.05, 0) is 49.3 Å². The lowest BCUT2D eigenvalue weighted by Gasteiger charge is -2.28. The van der Waals surface area contributed by atoms with Crippen molar-refractivity contribution in [1.29, 1.82) is 5.26 Å². The van der Waals surface area contributed by atoms with Crippen molar-refractivity contribution < 1.29 is 28.6 Å². The van der Waals surface area contributed by atoms with Gasteiger partial charge in [0.25, 0.3) is 5.91 Å². The Labute approximate surface area is 235 Å². The number of hydrogen-bond acceptors (Lipinski definition) is 7. The molecule has 2 heterocycles. The number of piperidine rings is 1. The second-order valence-electron chi connectivity index (χ2n) is 11.2. The molecule has 1 aromatic heterocycles. The number of amides is 3. The van der Waals surface area contributed by atoms with Crippen LogP contribution in [0.5, 0.6) is 5.75 Å². The molecule has 3 rings (SSSR count). The summed E-state index contributed by atoms with van der Waals surface area (Å²) in [6, 6.07) is 7.55. The molecule has 0 bridgehead atoms. The number of H-pyrrole nitrogens is 1. The number of hydrogen-bond donors (Lipinski definition) is 4. The zero-order valence-corrected chi connectivity index (χ0v) is 23.8. The minimum atomic E-state index is -0.880. The van der Waals surface area contributed by atoms with Gasteiger partial charge in [0.1, 0.15) is 30.1 Å². The van der Waals surface area contributed by atoms with E-state index in [1.807, 2.05) is 39.0 Å². The van der Waals surface area contributed by atoms with Gasteiger partial charge in [-0.15, -0.1) is 0 Å². The smallest absolute Gasteiger partial charge is 0.268 e. The van der Waals surface area contributed by atoms with E-state index >= 15 is 0 Å². The Morgan fingerprint density at radius 2 is 1.95 bits per heavy atom. The predicted molar refractivity (Wildman–Crippen MR) is 150 cm³/mol. The topological polar surface area (TPSA) is 155 Å². The fourth-order valence-corrected chi connectivity index (χ4v) is 4.65. The molecule has 11 heteroatoms. The highest BCUT2D eigenvalue weighted by atomic mass is 16.5. The highest BCUT2D eigenvalue weighted by molar-refractivity contribution is 6.01. The van der Waals surface area contributed by atoms with Crippen molar-refractivity contribution in [3.63, 3.8) is 0 Å². The van der Waals surface area contributed by atoms with Crippen LogP contribution in [0.1, 0.15) is 56.9 Å². The van der Waals surface area contributed by atoms with Crippen LogP contribution in [0.15, 0.2) is 24.3 Å².